The van der Waals surface area contributed by atoms with Gasteiger partial charge in [0.25, 0.3) is 5.91 Å². The summed E-state index contributed by atoms with van der Waals surface area (Å²) < 4.78 is 0. The first-order chi connectivity index (χ1) is 11.3. The molecule has 23 heavy (non-hydrogen) atoms. The van der Waals surface area contributed by atoms with Gasteiger partial charge in [-0.1, -0.05) is 43.9 Å². The third-order valence-corrected chi connectivity index (χ3v) is 5.60. The minimum Gasteiger partial charge on any atom is -0.332 e. The van der Waals surface area contributed by atoms with Gasteiger partial charge in [0.15, 0.2) is 0 Å². The summed E-state index contributed by atoms with van der Waals surface area (Å²) in [5.41, 5.74) is 0.787. The van der Waals surface area contributed by atoms with Gasteiger partial charge in [-0.15, -0.1) is 0 Å². The lowest BCUT2D eigenvalue weighted by Gasteiger charge is -2.41. The molecule has 1 amide bonds. The van der Waals surface area contributed by atoms with Crippen molar-refractivity contribution in [3.63, 3.8) is 0 Å². The number of aldehydes is 1. The maximum Gasteiger partial charge on any atom is 0.254 e. The molecule has 2 aliphatic rings. The lowest BCUT2D eigenvalue weighted by atomic mass is 9.89. The summed E-state index contributed by atoms with van der Waals surface area (Å²) in [5, 5.41) is 0. The summed E-state index contributed by atoms with van der Waals surface area (Å²) in [5.74, 6) is 0.516. The van der Waals surface area contributed by atoms with Crippen molar-refractivity contribution < 1.29 is 9.59 Å². The number of amides is 1. The van der Waals surface area contributed by atoms with Crippen molar-refractivity contribution in [3.05, 3.63) is 35.9 Å². The van der Waals surface area contributed by atoms with Crippen molar-refractivity contribution in [2.75, 3.05) is 0 Å². The van der Waals surface area contributed by atoms with Gasteiger partial charge in [-0.25, -0.2) is 0 Å². The largest absolute Gasteiger partial charge is 0.332 e. The summed E-state index contributed by atoms with van der Waals surface area (Å²) in [6, 6.07) is 10.3. The first-order valence-electron chi connectivity index (χ1n) is 9.12. The number of nitrogens with zero attached hydrogens (tertiary/aromatic N) is 1. The molecule has 3 heteroatoms. The van der Waals surface area contributed by atoms with Gasteiger partial charge in [0.05, 0.1) is 0 Å². The summed E-state index contributed by atoms with van der Waals surface area (Å²) in [6.45, 7) is 0. The average molecular weight is 313 g/mol. The number of rotatable bonds is 5. The molecule has 0 radical (unpaired) electrons. The molecular formula is C20H27NO2. The maximum absolute atomic E-state index is 13.2. The third kappa shape index (κ3) is 3.65. The van der Waals surface area contributed by atoms with Crippen LogP contribution in [0.25, 0.3) is 0 Å². The van der Waals surface area contributed by atoms with Gasteiger partial charge in [0, 0.05) is 24.1 Å². The normalized spacial score (nSPS) is 25.2. The topological polar surface area (TPSA) is 37.4 Å². The van der Waals surface area contributed by atoms with E-state index in [-0.39, 0.29) is 11.9 Å². The molecule has 2 atom stereocenters. The van der Waals surface area contributed by atoms with Crippen molar-refractivity contribution in [1.29, 1.82) is 0 Å². The van der Waals surface area contributed by atoms with Crippen LogP contribution in [0.5, 0.6) is 0 Å². The van der Waals surface area contributed by atoms with Crippen molar-refractivity contribution in [2.45, 2.75) is 69.9 Å². The lowest BCUT2D eigenvalue weighted by Crippen LogP contribution is -2.49. The molecule has 1 aromatic carbocycles. The SMILES string of the molecule is O=CC[C@H]1CCC[C@@H]1N(C(=O)c1ccccc1)C1CCCCC1. The Morgan fingerprint density at radius 1 is 1.00 bits per heavy atom. The second-order valence-electron chi connectivity index (χ2n) is 7.03. The summed E-state index contributed by atoms with van der Waals surface area (Å²) in [6.07, 6.45) is 10.8. The van der Waals surface area contributed by atoms with E-state index in [9.17, 15) is 9.59 Å². The monoisotopic (exact) mass is 313 g/mol. The quantitative estimate of drug-likeness (QED) is 0.763. The first kappa shape index (κ1) is 16.2. The van der Waals surface area contributed by atoms with Gasteiger partial charge < -0.3 is 9.69 Å². The van der Waals surface area contributed by atoms with E-state index < -0.39 is 0 Å². The Bertz CT molecular complexity index is 522. The molecule has 3 rings (SSSR count). The Kier molecular flexibility index (Phi) is 5.47. The number of benzene rings is 1. The summed E-state index contributed by atoms with van der Waals surface area (Å²) in [4.78, 5) is 26.4. The Balaban J connectivity index is 1.86. The highest BCUT2D eigenvalue weighted by Gasteiger charge is 2.38. The molecule has 0 bridgehead atoms. The number of hydrogen-bond donors (Lipinski definition) is 0. The molecular weight excluding hydrogens is 286 g/mol. The zero-order valence-corrected chi connectivity index (χ0v) is 13.8. The molecule has 0 heterocycles. The van der Waals surface area contributed by atoms with Gasteiger partial charge >= 0.3 is 0 Å². The number of carbonyl (C=O) groups excluding carboxylic acids is 2. The first-order valence-corrected chi connectivity index (χ1v) is 9.12. The highest BCUT2D eigenvalue weighted by molar-refractivity contribution is 5.94. The molecule has 0 unspecified atom stereocenters. The molecule has 0 aliphatic heterocycles. The highest BCUT2D eigenvalue weighted by atomic mass is 16.2. The van der Waals surface area contributed by atoms with Gasteiger partial charge in [0.2, 0.25) is 0 Å². The molecule has 2 fully saturated rings. The van der Waals surface area contributed by atoms with Gasteiger partial charge in [0.1, 0.15) is 6.29 Å². The van der Waals surface area contributed by atoms with E-state index in [1.54, 1.807) is 0 Å². The van der Waals surface area contributed by atoms with E-state index in [1.165, 1.54) is 19.3 Å². The van der Waals surface area contributed by atoms with E-state index in [1.807, 2.05) is 30.3 Å². The third-order valence-electron chi connectivity index (χ3n) is 5.60. The van der Waals surface area contributed by atoms with Crippen molar-refractivity contribution >= 4 is 12.2 Å². The zero-order chi connectivity index (χ0) is 16.1. The Labute approximate surface area is 139 Å². The van der Waals surface area contributed by atoms with E-state index in [0.717, 1.165) is 44.0 Å². The molecule has 0 spiro atoms. The van der Waals surface area contributed by atoms with Crippen LogP contribution < -0.4 is 0 Å². The van der Waals surface area contributed by atoms with Crippen molar-refractivity contribution in [1.82, 2.24) is 4.90 Å². The second kappa shape index (κ2) is 7.76. The van der Waals surface area contributed by atoms with Crippen LogP contribution >= 0.6 is 0 Å². The van der Waals surface area contributed by atoms with E-state index >= 15 is 0 Å². The van der Waals surface area contributed by atoms with Crippen molar-refractivity contribution in [3.8, 4) is 0 Å². The average Bonchev–Trinajstić information content (AvgIpc) is 3.05. The molecule has 2 saturated carbocycles. The van der Waals surface area contributed by atoms with Crippen LogP contribution in [0.4, 0.5) is 0 Å². The van der Waals surface area contributed by atoms with E-state index in [0.29, 0.717) is 18.4 Å². The molecule has 0 saturated heterocycles. The van der Waals surface area contributed by atoms with Crippen LogP contribution in [0.1, 0.15) is 68.1 Å². The lowest BCUT2D eigenvalue weighted by molar-refractivity contribution is -0.109. The fourth-order valence-electron chi connectivity index (χ4n) is 4.46. The van der Waals surface area contributed by atoms with Crippen LogP contribution in [0.15, 0.2) is 30.3 Å². The minimum absolute atomic E-state index is 0.167. The Hall–Kier alpha value is -1.64. The Morgan fingerprint density at radius 2 is 1.74 bits per heavy atom. The Morgan fingerprint density at radius 3 is 2.43 bits per heavy atom. The molecule has 0 aromatic heterocycles. The fourth-order valence-corrected chi connectivity index (χ4v) is 4.46. The molecule has 124 valence electrons. The van der Waals surface area contributed by atoms with Gasteiger partial charge in [-0.3, -0.25) is 4.79 Å². The maximum atomic E-state index is 13.2. The predicted octanol–water partition coefficient (Wildman–Crippen LogP) is 4.22. The van der Waals surface area contributed by atoms with Gasteiger partial charge in [-0.05, 0) is 43.7 Å². The van der Waals surface area contributed by atoms with Crippen LogP contribution in [0.2, 0.25) is 0 Å². The fraction of sp³-hybridized carbons (Fsp3) is 0.600. The van der Waals surface area contributed by atoms with E-state index in [4.69, 9.17) is 0 Å². The predicted molar refractivity (Wildman–Crippen MR) is 91.3 cm³/mol. The number of carbonyl (C=O) groups is 2. The smallest absolute Gasteiger partial charge is 0.254 e. The standard InChI is InChI=1S/C20H27NO2/c22-15-14-16-10-7-13-19(16)21(18-11-5-2-6-12-18)20(23)17-8-3-1-4-9-17/h1,3-4,8-9,15-16,18-19H,2,5-7,10-14H2/t16-,19+/m1/s1. The zero-order valence-electron chi connectivity index (χ0n) is 13.8. The van der Waals surface area contributed by atoms with E-state index in [2.05, 4.69) is 4.90 Å². The van der Waals surface area contributed by atoms with Crippen LogP contribution in [0.3, 0.4) is 0 Å². The molecule has 0 N–H and O–H groups in total. The van der Waals surface area contributed by atoms with Gasteiger partial charge in [-0.2, -0.15) is 0 Å². The van der Waals surface area contributed by atoms with Crippen LogP contribution in [-0.2, 0) is 4.79 Å². The van der Waals surface area contributed by atoms with Crippen molar-refractivity contribution in [2.24, 2.45) is 5.92 Å². The molecule has 2 aliphatic carbocycles. The summed E-state index contributed by atoms with van der Waals surface area (Å²) in [7, 11) is 0. The highest BCUT2D eigenvalue weighted by Crippen LogP contribution is 2.36. The second-order valence-corrected chi connectivity index (χ2v) is 7.03. The van der Waals surface area contributed by atoms with Crippen LogP contribution in [0, 0.1) is 5.92 Å². The molecule has 3 nitrogen and oxygen atoms in total. The minimum atomic E-state index is 0.167. The summed E-state index contributed by atoms with van der Waals surface area (Å²) >= 11 is 0. The molecule has 1 aromatic rings. The number of hydrogen-bond acceptors (Lipinski definition) is 2. The van der Waals surface area contributed by atoms with Crippen LogP contribution in [-0.4, -0.2) is 29.2 Å².